The van der Waals surface area contributed by atoms with E-state index in [0.29, 0.717) is 12.8 Å². The highest BCUT2D eigenvalue weighted by Crippen LogP contribution is 2.20. The van der Waals surface area contributed by atoms with Crippen LogP contribution in [0.15, 0.2) is 91.0 Å². The van der Waals surface area contributed by atoms with Gasteiger partial charge in [-0.25, -0.2) is 0 Å². The quantitative estimate of drug-likeness (QED) is 0.130. The Balaban J connectivity index is 0.00000237. The van der Waals surface area contributed by atoms with Crippen molar-refractivity contribution in [3.05, 3.63) is 141 Å². The molecule has 3 heteroatoms. The predicted octanol–water partition coefficient (Wildman–Crippen LogP) is 8.77. The van der Waals surface area contributed by atoms with Gasteiger partial charge >= 0.3 is 0 Å². The molecule has 4 aromatic carbocycles. The zero-order valence-electron chi connectivity index (χ0n) is 25.2. The summed E-state index contributed by atoms with van der Waals surface area (Å²) < 4.78 is 0. The third-order valence-corrected chi connectivity index (χ3v) is 6.48. The van der Waals surface area contributed by atoms with Crippen LogP contribution in [0.2, 0.25) is 0 Å². The summed E-state index contributed by atoms with van der Waals surface area (Å²) in [6.45, 7) is 4.92. The van der Waals surface area contributed by atoms with Gasteiger partial charge in [0.1, 0.15) is 12.6 Å². The maximum absolute atomic E-state index is 10.8. The molecule has 0 saturated carbocycles. The molecule has 214 valence electrons. The zero-order valence-corrected chi connectivity index (χ0v) is 25.2. The van der Waals surface area contributed by atoms with E-state index in [1.54, 1.807) is 0 Å². The minimum Gasteiger partial charge on any atom is -0.305 e. The highest BCUT2D eigenvalue weighted by molar-refractivity contribution is 5.79. The lowest BCUT2D eigenvalue weighted by atomic mass is 10.0. The molecular weight excluding hydrogens is 514 g/mol. The van der Waals surface area contributed by atoms with Gasteiger partial charge in [-0.3, -0.25) is 0 Å². The van der Waals surface area contributed by atoms with Crippen molar-refractivity contribution < 1.29 is 9.59 Å². The van der Waals surface area contributed by atoms with E-state index in [0.717, 1.165) is 63.6 Å². The molecule has 0 N–H and O–H groups in total. The van der Waals surface area contributed by atoms with Crippen LogP contribution in [0.1, 0.15) is 63.9 Å². The lowest BCUT2D eigenvalue weighted by Crippen LogP contribution is -2.10. The van der Waals surface area contributed by atoms with Crippen LogP contribution in [-0.4, -0.2) is 31.6 Å². The molecule has 0 bridgehead atoms. The fraction of sp³-hybridized carbons (Fsp3) is 0.179. The molecule has 0 atom stereocenters. The zero-order chi connectivity index (χ0) is 30.2. The van der Waals surface area contributed by atoms with Crippen LogP contribution in [0.4, 0.5) is 0 Å². The van der Waals surface area contributed by atoms with E-state index in [-0.39, 0.29) is 0 Å². The molecule has 0 aliphatic heterocycles. The normalized spacial score (nSPS) is 11.3. The van der Waals surface area contributed by atoms with Crippen LogP contribution in [-0.2, 0) is 29.0 Å². The van der Waals surface area contributed by atoms with E-state index in [4.69, 9.17) is 0 Å². The largest absolute Gasteiger partial charge is 0.305 e. The minimum atomic E-state index is 0.437. The summed E-state index contributed by atoms with van der Waals surface area (Å²) in [5, 5.41) is 0. The average Bonchev–Trinajstić information content (AvgIpc) is 3.01. The Hall–Kier alpha value is -4.60. The van der Waals surface area contributed by atoms with Crippen molar-refractivity contribution in [1.29, 1.82) is 0 Å². The maximum atomic E-state index is 10.8. The average molecular weight is 556 g/mol. The first-order chi connectivity index (χ1) is 20.5. The summed E-state index contributed by atoms with van der Waals surface area (Å²) in [7, 11) is 4.15. The van der Waals surface area contributed by atoms with Crippen molar-refractivity contribution in [3.8, 4) is 0 Å². The molecule has 0 amide bonds. The Morgan fingerprint density at radius 1 is 0.452 bits per heavy atom. The van der Waals surface area contributed by atoms with E-state index in [2.05, 4.69) is 97.9 Å². The number of aldehydes is 2. The number of benzene rings is 4. The van der Waals surface area contributed by atoms with Gasteiger partial charge in [0.15, 0.2) is 0 Å². The van der Waals surface area contributed by atoms with E-state index in [1.165, 1.54) is 5.56 Å². The van der Waals surface area contributed by atoms with E-state index < -0.39 is 0 Å². The Morgan fingerprint density at radius 3 is 1.02 bits per heavy atom. The molecule has 0 aromatic heterocycles. The Morgan fingerprint density at radius 2 is 0.738 bits per heavy atom. The molecule has 0 spiro atoms. The van der Waals surface area contributed by atoms with Gasteiger partial charge in [-0.1, -0.05) is 123 Å². The first-order valence-electron chi connectivity index (χ1n) is 14.5. The maximum Gasteiger partial charge on any atom is 0.124 e. The van der Waals surface area contributed by atoms with Gasteiger partial charge in [-0.15, -0.1) is 0 Å². The second-order valence-electron chi connectivity index (χ2n) is 10.1. The highest BCUT2D eigenvalue weighted by atomic mass is 16.1. The van der Waals surface area contributed by atoms with Gasteiger partial charge in [0.05, 0.1) is 0 Å². The minimum absolute atomic E-state index is 0.437. The third-order valence-electron chi connectivity index (χ3n) is 6.48. The van der Waals surface area contributed by atoms with Crippen molar-refractivity contribution in [3.63, 3.8) is 0 Å². The molecule has 0 radical (unpaired) electrons. The van der Waals surface area contributed by atoms with E-state index in [1.807, 2.05) is 62.4 Å². The lowest BCUT2D eigenvalue weighted by Gasteiger charge is -2.09. The molecule has 0 aliphatic rings. The standard InChI is InChI=1S/C37H35NO2.C2H6/c1-38(2)28-34-16-11-31(12-17-34)15-20-37-26-35(18-13-29-3-7-32(8-4-29)21-23-39)25-36(27-37)19-14-30-5-9-33(10-6-30)22-24-40;1-2/h3-20,23-27H,21-22,28H2,1-2H3;1-2H3/b18-13+,19-14+,20-15+;. The third kappa shape index (κ3) is 10.8. The Kier molecular flexibility index (Phi) is 13.1. The number of hydrogen-bond acceptors (Lipinski definition) is 3. The first-order valence-corrected chi connectivity index (χ1v) is 14.5. The second kappa shape index (κ2) is 17.3. The van der Waals surface area contributed by atoms with Crippen LogP contribution in [0.5, 0.6) is 0 Å². The van der Waals surface area contributed by atoms with Crippen LogP contribution >= 0.6 is 0 Å². The van der Waals surface area contributed by atoms with Crippen molar-refractivity contribution in [1.82, 2.24) is 4.90 Å². The van der Waals surface area contributed by atoms with Crippen LogP contribution < -0.4 is 0 Å². The van der Waals surface area contributed by atoms with Gasteiger partial charge in [0.2, 0.25) is 0 Å². The summed E-state index contributed by atoms with van der Waals surface area (Å²) in [5.41, 5.74) is 9.96. The number of carbonyl (C=O) groups is 2. The molecule has 0 fully saturated rings. The summed E-state index contributed by atoms with van der Waals surface area (Å²) in [5.74, 6) is 0. The monoisotopic (exact) mass is 555 g/mol. The van der Waals surface area contributed by atoms with E-state index >= 15 is 0 Å². The molecule has 3 nitrogen and oxygen atoms in total. The molecular formula is C39H41NO2. The van der Waals surface area contributed by atoms with Gasteiger partial charge in [0.25, 0.3) is 0 Å². The molecule has 0 heterocycles. The SMILES string of the molecule is CC.CN(C)Cc1ccc(/C=C/c2cc(/C=C/c3ccc(CC=O)cc3)cc(/C=C/c3ccc(CC=O)cc3)c2)cc1. The van der Waals surface area contributed by atoms with Gasteiger partial charge in [-0.2, -0.15) is 0 Å². The molecule has 0 unspecified atom stereocenters. The molecule has 4 rings (SSSR count). The van der Waals surface area contributed by atoms with Gasteiger partial charge in [0, 0.05) is 19.4 Å². The number of rotatable bonds is 12. The Labute approximate surface area is 251 Å². The number of nitrogens with zero attached hydrogens (tertiary/aromatic N) is 1. The predicted molar refractivity (Wildman–Crippen MR) is 181 cm³/mol. The highest BCUT2D eigenvalue weighted by Gasteiger charge is 1.99. The van der Waals surface area contributed by atoms with Crippen molar-refractivity contribution in [2.24, 2.45) is 0 Å². The summed E-state index contributed by atoms with van der Waals surface area (Å²) in [4.78, 5) is 23.7. The van der Waals surface area contributed by atoms with Crippen molar-refractivity contribution in [2.45, 2.75) is 33.2 Å². The Bertz CT molecular complexity index is 1410. The van der Waals surface area contributed by atoms with Crippen molar-refractivity contribution in [2.75, 3.05) is 14.1 Å². The summed E-state index contributed by atoms with van der Waals surface area (Å²) in [6.07, 6.45) is 15.4. The fourth-order valence-electron chi connectivity index (χ4n) is 4.39. The van der Waals surface area contributed by atoms with Gasteiger partial charge in [-0.05, 0) is 82.4 Å². The summed E-state index contributed by atoms with van der Waals surface area (Å²) in [6, 6.07) is 31.3. The van der Waals surface area contributed by atoms with E-state index in [9.17, 15) is 9.59 Å². The summed E-state index contributed by atoms with van der Waals surface area (Å²) >= 11 is 0. The molecule has 0 aliphatic carbocycles. The van der Waals surface area contributed by atoms with Crippen LogP contribution in [0, 0.1) is 0 Å². The molecule has 4 aromatic rings. The first kappa shape index (κ1) is 31.9. The topological polar surface area (TPSA) is 37.4 Å². The van der Waals surface area contributed by atoms with Crippen LogP contribution in [0.25, 0.3) is 36.5 Å². The lowest BCUT2D eigenvalue weighted by molar-refractivity contribution is -0.108. The van der Waals surface area contributed by atoms with Crippen molar-refractivity contribution >= 4 is 49.0 Å². The number of carbonyl (C=O) groups excluding carboxylic acids is 2. The van der Waals surface area contributed by atoms with Gasteiger partial charge < -0.3 is 14.5 Å². The second-order valence-corrected chi connectivity index (χ2v) is 10.1. The van der Waals surface area contributed by atoms with Crippen LogP contribution in [0.3, 0.4) is 0 Å². The molecule has 0 saturated heterocycles. The fourth-order valence-corrected chi connectivity index (χ4v) is 4.39. The molecule has 42 heavy (non-hydrogen) atoms. The smallest absolute Gasteiger partial charge is 0.124 e. The number of hydrogen-bond donors (Lipinski definition) is 0.